The summed E-state index contributed by atoms with van der Waals surface area (Å²) in [5.41, 5.74) is 1.80. The summed E-state index contributed by atoms with van der Waals surface area (Å²) in [6.45, 7) is 6.40. The second kappa shape index (κ2) is 4.62. The van der Waals surface area contributed by atoms with E-state index >= 15 is 0 Å². The Balaban J connectivity index is 1.98. The van der Waals surface area contributed by atoms with Crippen molar-refractivity contribution in [2.45, 2.75) is 25.8 Å². The normalized spacial score (nSPS) is 23.9. The Morgan fingerprint density at radius 3 is 3.17 bits per heavy atom. The van der Waals surface area contributed by atoms with E-state index in [0.717, 1.165) is 30.3 Å². The maximum absolute atomic E-state index is 5.55. The van der Waals surface area contributed by atoms with Gasteiger partial charge in [-0.25, -0.2) is 4.98 Å². The molecule has 0 aliphatic carbocycles. The quantitative estimate of drug-likeness (QED) is 0.857. The Labute approximate surface area is 105 Å². The van der Waals surface area contributed by atoms with Crippen LogP contribution in [-0.4, -0.2) is 45.4 Å². The van der Waals surface area contributed by atoms with E-state index in [2.05, 4.69) is 27.4 Å². The summed E-state index contributed by atoms with van der Waals surface area (Å²) in [5, 5.41) is 11.9. The summed E-state index contributed by atoms with van der Waals surface area (Å²) in [7, 11) is 0. The molecule has 0 aromatic carbocycles. The van der Waals surface area contributed by atoms with Crippen LogP contribution in [0.15, 0.2) is 12.4 Å². The summed E-state index contributed by atoms with van der Waals surface area (Å²) in [4.78, 5) is 4.30. The molecule has 96 valence electrons. The lowest BCUT2D eigenvalue weighted by Gasteiger charge is -2.16. The van der Waals surface area contributed by atoms with Crippen molar-refractivity contribution in [2.24, 2.45) is 0 Å². The topological polar surface area (TPSA) is 64.3 Å². The molecule has 0 radical (unpaired) electrons. The SMILES string of the molecule is CCNC1COCC1c1nnc2cc(C)ncn12. The Bertz CT molecular complexity index is 552. The smallest absolute Gasteiger partial charge is 0.163 e. The summed E-state index contributed by atoms with van der Waals surface area (Å²) in [5.74, 6) is 1.17. The van der Waals surface area contributed by atoms with Crippen molar-refractivity contribution >= 4 is 5.65 Å². The van der Waals surface area contributed by atoms with E-state index in [1.54, 1.807) is 6.33 Å². The molecule has 2 aromatic heterocycles. The molecule has 6 heteroatoms. The highest BCUT2D eigenvalue weighted by Crippen LogP contribution is 2.24. The molecule has 1 N–H and O–H groups in total. The first-order valence-electron chi connectivity index (χ1n) is 6.28. The van der Waals surface area contributed by atoms with Gasteiger partial charge >= 0.3 is 0 Å². The first-order valence-corrected chi connectivity index (χ1v) is 6.28. The Kier molecular flexibility index (Phi) is 2.97. The van der Waals surface area contributed by atoms with Crippen molar-refractivity contribution in [3.05, 3.63) is 23.9 Å². The van der Waals surface area contributed by atoms with Gasteiger partial charge in [0, 0.05) is 17.8 Å². The van der Waals surface area contributed by atoms with Gasteiger partial charge in [0.15, 0.2) is 5.65 Å². The molecule has 1 saturated heterocycles. The summed E-state index contributed by atoms with van der Waals surface area (Å²) in [6, 6.07) is 2.25. The number of hydrogen-bond acceptors (Lipinski definition) is 5. The fraction of sp³-hybridized carbons (Fsp3) is 0.583. The molecule has 6 nitrogen and oxygen atoms in total. The Morgan fingerprint density at radius 2 is 2.33 bits per heavy atom. The minimum atomic E-state index is 0.240. The fourth-order valence-electron chi connectivity index (χ4n) is 2.43. The van der Waals surface area contributed by atoms with E-state index in [0.29, 0.717) is 12.6 Å². The van der Waals surface area contributed by atoms with Gasteiger partial charge in [0.2, 0.25) is 0 Å². The lowest BCUT2D eigenvalue weighted by atomic mass is 10.0. The second-order valence-electron chi connectivity index (χ2n) is 4.62. The molecule has 2 unspecified atom stereocenters. The molecule has 0 saturated carbocycles. The van der Waals surface area contributed by atoms with Crippen LogP contribution < -0.4 is 5.32 Å². The van der Waals surface area contributed by atoms with E-state index in [4.69, 9.17) is 4.74 Å². The predicted molar refractivity (Wildman–Crippen MR) is 66.5 cm³/mol. The third-order valence-electron chi connectivity index (χ3n) is 3.34. The molecule has 2 aromatic rings. The van der Waals surface area contributed by atoms with Crippen molar-refractivity contribution in [2.75, 3.05) is 19.8 Å². The van der Waals surface area contributed by atoms with Gasteiger partial charge in [0.05, 0.1) is 19.1 Å². The van der Waals surface area contributed by atoms with Crippen LogP contribution in [0, 0.1) is 6.92 Å². The number of ether oxygens (including phenoxy) is 1. The molecule has 1 fully saturated rings. The van der Waals surface area contributed by atoms with Crippen LogP contribution in [0.1, 0.15) is 24.4 Å². The molecular formula is C12H17N5O. The Morgan fingerprint density at radius 1 is 1.44 bits per heavy atom. The van der Waals surface area contributed by atoms with Crippen molar-refractivity contribution in [3.8, 4) is 0 Å². The van der Waals surface area contributed by atoms with Gasteiger partial charge in [-0.2, -0.15) is 0 Å². The fourth-order valence-corrected chi connectivity index (χ4v) is 2.43. The summed E-state index contributed by atoms with van der Waals surface area (Å²) < 4.78 is 7.51. The van der Waals surface area contributed by atoms with Crippen LogP contribution in [0.3, 0.4) is 0 Å². The van der Waals surface area contributed by atoms with Crippen LogP contribution >= 0.6 is 0 Å². The number of hydrogen-bond donors (Lipinski definition) is 1. The molecule has 3 heterocycles. The van der Waals surface area contributed by atoms with Gasteiger partial charge < -0.3 is 10.1 Å². The number of rotatable bonds is 3. The van der Waals surface area contributed by atoms with Crippen LogP contribution in [-0.2, 0) is 4.74 Å². The molecule has 0 amide bonds. The monoisotopic (exact) mass is 247 g/mol. The molecule has 18 heavy (non-hydrogen) atoms. The number of fused-ring (bicyclic) bond motifs is 1. The van der Waals surface area contributed by atoms with E-state index in [9.17, 15) is 0 Å². The number of aryl methyl sites for hydroxylation is 1. The molecule has 3 rings (SSSR count). The van der Waals surface area contributed by atoms with Gasteiger partial charge in [-0.3, -0.25) is 4.40 Å². The van der Waals surface area contributed by atoms with Crippen molar-refractivity contribution in [3.63, 3.8) is 0 Å². The number of nitrogens with one attached hydrogen (secondary N) is 1. The average Bonchev–Trinajstić information content (AvgIpc) is 2.95. The maximum atomic E-state index is 5.55. The van der Waals surface area contributed by atoms with Crippen molar-refractivity contribution in [1.29, 1.82) is 0 Å². The minimum Gasteiger partial charge on any atom is -0.379 e. The van der Waals surface area contributed by atoms with Crippen LogP contribution in [0.4, 0.5) is 0 Å². The zero-order chi connectivity index (χ0) is 12.5. The van der Waals surface area contributed by atoms with Crippen LogP contribution in [0.5, 0.6) is 0 Å². The van der Waals surface area contributed by atoms with Gasteiger partial charge in [0.25, 0.3) is 0 Å². The third kappa shape index (κ3) is 1.87. The lowest BCUT2D eigenvalue weighted by molar-refractivity contribution is 0.187. The first kappa shape index (κ1) is 11.6. The second-order valence-corrected chi connectivity index (χ2v) is 4.62. The van der Waals surface area contributed by atoms with Gasteiger partial charge in [-0.15, -0.1) is 10.2 Å². The highest BCUT2D eigenvalue weighted by molar-refractivity contribution is 5.38. The first-order chi connectivity index (χ1) is 8.79. The van der Waals surface area contributed by atoms with Gasteiger partial charge in [0.1, 0.15) is 12.2 Å². The molecule has 2 atom stereocenters. The number of aromatic nitrogens is 4. The van der Waals surface area contributed by atoms with Gasteiger partial charge in [-0.05, 0) is 13.5 Å². The Hall–Kier alpha value is -1.53. The van der Waals surface area contributed by atoms with E-state index in [1.807, 2.05) is 17.4 Å². The predicted octanol–water partition coefficient (Wildman–Crippen LogP) is 0.525. The molecule has 0 bridgehead atoms. The minimum absolute atomic E-state index is 0.240. The summed E-state index contributed by atoms with van der Waals surface area (Å²) >= 11 is 0. The zero-order valence-corrected chi connectivity index (χ0v) is 10.6. The maximum Gasteiger partial charge on any atom is 0.163 e. The van der Waals surface area contributed by atoms with Gasteiger partial charge in [-0.1, -0.05) is 6.92 Å². The molecule has 0 spiro atoms. The van der Waals surface area contributed by atoms with Crippen LogP contribution in [0.25, 0.3) is 5.65 Å². The van der Waals surface area contributed by atoms with Crippen molar-refractivity contribution in [1.82, 2.24) is 24.9 Å². The van der Waals surface area contributed by atoms with E-state index in [-0.39, 0.29) is 5.92 Å². The summed E-state index contributed by atoms with van der Waals surface area (Å²) in [6.07, 6.45) is 1.79. The lowest BCUT2D eigenvalue weighted by Crippen LogP contribution is -2.34. The standard InChI is InChI=1S/C12H17N5O/c1-3-13-10-6-18-5-9(10)12-16-15-11-4-8(2)14-7-17(11)12/h4,7,9-10,13H,3,5-6H2,1-2H3. The zero-order valence-electron chi connectivity index (χ0n) is 10.6. The third-order valence-corrected chi connectivity index (χ3v) is 3.34. The van der Waals surface area contributed by atoms with E-state index < -0.39 is 0 Å². The van der Waals surface area contributed by atoms with E-state index in [1.165, 1.54) is 0 Å². The highest BCUT2D eigenvalue weighted by Gasteiger charge is 2.32. The molecule has 1 aliphatic heterocycles. The van der Waals surface area contributed by atoms with Crippen LogP contribution in [0.2, 0.25) is 0 Å². The van der Waals surface area contributed by atoms with Crippen molar-refractivity contribution < 1.29 is 4.74 Å². The number of nitrogens with zero attached hydrogens (tertiary/aromatic N) is 4. The number of likely N-dealkylation sites (N-methyl/N-ethyl adjacent to an activating group) is 1. The molecular weight excluding hydrogens is 230 g/mol. The largest absolute Gasteiger partial charge is 0.379 e. The molecule has 1 aliphatic rings. The highest BCUT2D eigenvalue weighted by atomic mass is 16.5. The average molecular weight is 247 g/mol.